The van der Waals surface area contributed by atoms with Gasteiger partial charge in [0.05, 0.1) is 13.2 Å². The first kappa shape index (κ1) is 11.5. The molecule has 0 bridgehead atoms. The summed E-state index contributed by atoms with van der Waals surface area (Å²) in [6.07, 6.45) is 3.54. The first-order chi connectivity index (χ1) is 7.81. The summed E-state index contributed by atoms with van der Waals surface area (Å²) < 4.78 is 5.23. The second-order valence-corrected chi connectivity index (χ2v) is 4.62. The molecule has 0 unspecified atom stereocenters. The van der Waals surface area contributed by atoms with E-state index in [2.05, 4.69) is 5.97 Å². The number of hydrogen-bond acceptors (Lipinski definition) is 3. The number of morpholine rings is 1. The van der Waals surface area contributed by atoms with Gasteiger partial charge < -0.3 is 9.64 Å². The molecule has 0 aromatic rings. The minimum absolute atomic E-state index is 0.155. The minimum Gasteiger partial charge on any atom is -0.378 e. The third kappa shape index (κ3) is 2.56. The molecular weight excluding hydrogens is 203 g/mol. The Balaban J connectivity index is 1.84. The van der Waals surface area contributed by atoms with Gasteiger partial charge in [0.2, 0.25) is 5.91 Å². The fraction of sp³-hybridized carbons (Fsp3) is 0.818. The number of carbonyl (C=O) groups is 1. The van der Waals surface area contributed by atoms with Crippen LogP contribution >= 0.6 is 0 Å². The van der Waals surface area contributed by atoms with Crippen molar-refractivity contribution in [2.24, 2.45) is 5.92 Å². The van der Waals surface area contributed by atoms with Crippen LogP contribution in [0.25, 0.3) is 0 Å². The number of amides is 1. The molecule has 0 radical (unpaired) electrons. The molecule has 0 aliphatic carbocycles. The van der Waals surface area contributed by atoms with Gasteiger partial charge in [-0.05, 0) is 12.8 Å². The van der Waals surface area contributed by atoms with E-state index < -0.39 is 0 Å². The smallest absolute Gasteiger partial charge is 0.267 e. The number of nitriles is 1. The second kappa shape index (κ2) is 5.35. The molecule has 0 aromatic carbocycles. The summed E-state index contributed by atoms with van der Waals surface area (Å²) in [5.41, 5.74) is 0. The standard InChI is InChI=1S/C11H17BN2O2/c13-9-12-3-1-10(2-4-12)11(15)14-5-7-16-8-6-14/h10H,1-8H2. The summed E-state index contributed by atoms with van der Waals surface area (Å²) in [7, 11) is 0. The molecule has 5 heteroatoms. The summed E-state index contributed by atoms with van der Waals surface area (Å²) in [6, 6.07) is 0. The largest absolute Gasteiger partial charge is 0.378 e. The SMILES string of the molecule is N#CB1CCC(C(=O)N2CCOCC2)CC1. The molecule has 86 valence electrons. The Bertz CT molecular complexity index is 289. The molecule has 0 aromatic heterocycles. The lowest BCUT2D eigenvalue weighted by atomic mass is 9.42. The van der Waals surface area contributed by atoms with Crippen LogP contribution in [-0.4, -0.2) is 43.8 Å². The van der Waals surface area contributed by atoms with Crippen molar-refractivity contribution in [3.63, 3.8) is 0 Å². The quantitative estimate of drug-likeness (QED) is 0.614. The van der Waals surface area contributed by atoms with Gasteiger partial charge in [-0.25, -0.2) is 5.26 Å². The number of hydrogen-bond donors (Lipinski definition) is 0. The fourth-order valence-electron chi connectivity index (χ4n) is 2.51. The maximum absolute atomic E-state index is 12.1. The lowest BCUT2D eigenvalue weighted by Gasteiger charge is -2.32. The van der Waals surface area contributed by atoms with E-state index in [9.17, 15) is 4.79 Å². The Kier molecular flexibility index (Phi) is 3.84. The van der Waals surface area contributed by atoms with E-state index in [-0.39, 0.29) is 18.5 Å². The first-order valence-corrected chi connectivity index (χ1v) is 6.07. The van der Waals surface area contributed by atoms with E-state index in [4.69, 9.17) is 10.00 Å². The van der Waals surface area contributed by atoms with Crippen LogP contribution in [0.15, 0.2) is 0 Å². The number of rotatable bonds is 1. The van der Waals surface area contributed by atoms with Gasteiger partial charge in [0.15, 0.2) is 0 Å². The van der Waals surface area contributed by atoms with Crippen LogP contribution in [-0.2, 0) is 9.53 Å². The highest BCUT2D eigenvalue weighted by atomic mass is 16.5. The van der Waals surface area contributed by atoms with E-state index >= 15 is 0 Å². The third-order valence-electron chi connectivity index (χ3n) is 3.58. The van der Waals surface area contributed by atoms with Crippen LogP contribution in [0.5, 0.6) is 0 Å². The monoisotopic (exact) mass is 220 g/mol. The zero-order chi connectivity index (χ0) is 11.4. The van der Waals surface area contributed by atoms with Gasteiger partial charge in [-0.15, -0.1) is 0 Å². The molecule has 0 saturated carbocycles. The second-order valence-electron chi connectivity index (χ2n) is 4.62. The van der Waals surface area contributed by atoms with E-state index in [0.29, 0.717) is 13.2 Å². The average molecular weight is 220 g/mol. The van der Waals surface area contributed by atoms with Gasteiger partial charge >= 0.3 is 0 Å². The van der Waals surface area contributed by atoms with Crippen molar-refractivity contribution in [1.29, 1.82) is 5.26 Å². The molecule has 0 N–H and O–H groups in total. The van der Waals surface area contributed by atoms with Crippen molar-refractivity contribution in [1.82, 2.24) is 4.90 Å². The van der Waals surface area contributed by atoms with Crippen LogP contribution in [0, 0.1) is 17.1 Å². The van der Waals surface area contributed by atoms with Crippen LogP contribution < -0.4 is 0 Å². The molecular formula is C11H17BN2O2. The Labute approximate surface area is 96.6 Å². The van der Waals surface area contributed by atoms with Crippen molar-refractivity contribution < 1.29 is 9.53 Å². The van der Waals surface area contributed by atoms with Crippen molar-refractivity contribution in [3.05, 3.63) is 0 Å². The predicted molar refractivity (Wildman–Crippen MR) is 61.1 cm³/mol. The molecule has 2 saturated heterocycles. The molecule has 4 nitrogen and oxygen atoms in total. The summed E-state index contributed by atoms with van der Waals surface area (Å²) in [5, 5.41) is 8.80. The highest BCUT2D eigenvalue weighted by molar-refractivity contribution is 6.67. The van der Waals surface area contributed by atoms with Gasteiger partial charge in [-0.3, -0.25) is 4.79 Å². The highest BCUT2D eigenvalue weighted by Gasteiger charge is 2.31. The fourth-order valence-corrected chi connectivity index (χ4v) is 2.51. The van der Waals surface area contributed by atoms with Crippen LogP contribution in [0.4, 0.5) is 0 Å². The zero-order valence-corrected chi connectivity index (χ0v) is 9.52. The lowest BCUT2D eigenvalue weighted by Crippen LogP contribution is -2.44. The molecule has 0 atom stereocenters. The van der Waals surface area contributed by atoms with Gasteiger partial charge in [-0.2, -0.15) is 0 Å². The molecule has 16 heavy (non-hydrogen) atoms. The van der Waals surface area contributed by atoms with Crippen molar-refractivity contribution in [3.8, 4) is 5.97 Å². The van der Waals surface area contributed by atoms with E-state index in [1.807, 2.05) is 4.90 Å². The molecule has 2 fully saturated rings. The molecule has 0 spiro atoms. The highest BCUT2D eigenvalue weighted by Crippen LogP contribution is 2.26. The topological polar surface area (TPSA) is 53.3 Å². The summed E-state index contributed by atoms with van der Waals surface area (Å²) >= 11 is 0. The normalized spacial score (nSPS) is 22.9. The third-order valence-corrected chi connectivity index (χ3v) is 3.58. The van der Waals surface area contributed by atoms with Gasteiger partial charge in [0.1, 0.15) is 0 Å². The molecule has 2 aliphatic heterocycles. The molecule has 1 amide bonds. The van der Waals surface area contributed by atoms with Gasteiger partial charge in [0, 0.05) is 25.0 Å². The van der Waals surface area contributed by atoms with Crippen molar-refractivity contribution in [2.45, 2.75) is 25.5 Å². The number of ether oxygens (including phenoxy) is 1. The van der Waals surface area contributed by atoms with E-state index in [1.54, 1.807) is 0 Å². The van der Waals surface area contributed by atoms with Gasteiger partial charge in [0.25, 0.3) is 6.71 Å². The molecule has 2 rings (SSSR count). The first-order valence-electron chi connectivity index (χ1n) is 6.07. The van der Waals surface area contributed by atoms with Crippen LogP contribution in [0.1, 0.15) is 12.8 Å². The van der Waals surface area contributed by atoms with Gasteiger partial charge in [-0.1, -0.05) is 12.6 Å². The maximum atomic E-state index is 12.1. The maximum Gasteiger partial charge on any atom is 0.267 e. The Morgan fingerprint density at radius 3 is 2.50 bits per heavy atom. The molecule has 2 aliphatic rings. The Morgan fingerprint density at radius 2 is 1.94 bits per heavy atom. The van der Waals surface area contributed by atoms with E-state index in [0.717, 1.165) is 38.6 Å². The van der Waals surface area contributed by atoms with E-state index in [1.165, 1.54) is 0 Å². The summed E-state index contributed by atoms with van der Waals surface area (Å²) in [6.45, 7) is 2.97. The van der Waals surface area contributed by atoms with Crippen LogP contribution in [0.3, 0.4) is 0 Å². The Morgan fingerprint density at radius 1 is 1.31 bits per heavy atom. The number of nitrogens with zero attached hydrogens (tertiary/aromatic N) is 2. The zero-order valence-electron chi connectivity index (χ0n) is 9.52. The molecule has 2 heterocycles. The predicted octanol–water partition coefficient (Wildman–Crippen LogP) is 0.813. The van der Waals surface area contributed by atoms with Crippen LogP contribution in [0.2, 0.25) is 12.6 Å². The number of carbonyl (C=O) groups excluding carboxylic acids is 1. The minimum atomic E-state index is 0.155. The summed E-state index contributed by atoms with van der Waals surface area (Å²) in [4.78, 5) is 14.1. The Hall–Kier alpha value is -1.02. The summed E-state index contributed by atoms with van der Waals surface area (Å²) in [5.74, 6) is 2.73. The van der Waals surface area contributed by atoms with Crippen molar-refractivity contribution in [2.75, 3.05) is 26.3 Å². The average Bonchev–Trinajstić information content (AvgIpc) is 2.39. The lowest BCUT2D eigenvalue weighted by molar-refractivity contribution is -0.140. The van der Waals surface area contributed by atoms with Crippen molar-refractivity contribution >= 4 is 12.6 Å².